The molecule has 1 amide bonds. The molecule has 9 heteroatoms. The summed E-state index contributed by atoms with van der Waals surface area (Å²) in [7, 11) is 0. The summed E-state index contributed by atoms with van der Waals surface area (Å²) in [4.78, 5) is 41.2. The molecular weight excluding hydrogens is 390 g/mol. The second kappa shape index (κ2) is 8.51. The summed E-state index contributed by atoms with van der Waals surface area (Å²) in [6.07, 6.45) is 0. The van der Waals surface area contributed by atoms with Gasteiger partial charge in [0.1, 0.15) is 10.7 Å². The average Bonchev–Trinajstić information content (AvgIpc) is 3.02. The van der Waals surface area contributed by atoms with Gasteiger partial charge in [0.2, 0.25) is 5.91 Å². The van der Waals surface area contributed by atoms with E-state index in [1.807, 2.05) is 18.7 Å². The lowest BCUT2D eigenvalue weighted by molar-refractivity contribution is -0.137. The number of piperazine rings is 1. The zero-order valence-corrected chi connectivity index (χ0v) is 18.2. The SMILES string of the molecule is Cc1sc2nc(C(C)N3CCN(CC(=O)N4CCOCC4)CC3)[nH]c(=O)c2c1C. The van der Waals surface area contributed by atoms with Crippen LogP contribution in [-0.2, 0) is 9.53 Å². The van der Waals surface area contributed by atoms with E-state index in [2.05, 4.69) is 21.7 Å². The Kier molecular flexibility index (Phi) is 6.00. The average molecular weight is 420 g/mol. The van der Waals surface area contributed by atoms with E-state index in [1.54, 1.807) is 11.3 Å². The Bertz CT molecular complexity index is 941. The maximum Gasteiger partial charge on any atom is 0.259 e. The van der Waals surface area contributed by atoms with E-state index in [4.69, 9.17) is 9.72 Å². The van der Waals surface area contributed by atoms with E-state index in [1.165, 1.54) is 0 Å². The van der Waals surface area contributed by atoms with Crippen molar-refractivity contribution >= 4 is 27.5 Å². The molecule has 0 bridgehead atoms. The van der Waals surface area contributed by atoms with Crippen molar-refractivity contribution in [3.63, 3.8) is 0 Å². The van der Waals surface area contributed by atoms with Crippen molar-refractivity contribution in [3.8, 4) is 0 Å². The van der Waals surface area contributed by atoms with Gasteiger partial charge in [-0.05, 0) is 26.3 Å². The van der Waals surface area contributed by atoms with Gasteiger partial charge in [0.15, 0.2) is 0 Å². The van der Waals surface area contributed by atoms with Crippen molar-refractivity contribution < 1.29 is 9.53 Å². The third-order valence-corrected chi connectivity index (χ3v) is 7.23. The van der Waals surface area contributed by atoms with Crippen LogP contribution in [0.5, 0.6) is 0 Å². The predicted molar refractivity (Wildman–Crippen MR) is 114 cm³/mol. The lowest BCUT2D eigenvalue weighted by Crippen LogP contribution is -2.52. The minimum atomic E-state index is -0.0477. The largest absolute Gasteiger partial charge is 0.378 e. The fourth-order valence-electron chi connectivity index (χ4n) is 4.05. The number of H-pyrrole nitrogens is 1. The number of thiophene rings is 1. The maximum absolute atomic E-state index is 12.6. The highest BCUT2D eigenvalue weighted by Gasteiger charge is 2.27. The molecule has 1 unspecified atom stereocenters. The fraction of sp³-hybridized carbons (Fsp3) is 0.650. The second-order valence-corrected chi connectivity index (χ2v) is 9.10. The van der Waals surface area contributed by atoms with Gasteiger partial charge < -0.3 is 14.6 Å². The number of aromatic amines is 1. The molecule has 2 saturated heterocycles. The van der Waals surface area contributed by atoms with Crippen LogP contribution in [0, 0.1) is 13.8 Å². The molecule has 2 aromatic heterocycles. The zero-order valence-electron chi connectivity index (χ0n) is 17.4. The summed E-state index contributed by atoms with van der Waals surface area (Å²) >= 11 is 1.58. The Labute approximate surface area is 174 Å². The molecule has 4 rings (SSSR count). The van der Waals surface area contributed by atoms with Crippen LogP contribution in [0.4, 0.5) is 0 Å². The van der Waals surface area contributed by atoms with Crippen LogP contribution < -0.4 is 5.56 Å². The molecule has 8 nitrogen and oxygen atoms in total. The van der Waals surface area contributed by atoms with Gasteiger partial charge in [-0.1, -0.05) is 0 Å². The molecule has 1 atom stereocenters. The summed E-state index contributed by atoms with van der Waals surface area (Å²) < 4.78 is 5.32. The van der Waals surface area contributed by atoms with Gasteiger partial charge in [-0.15, -0.1) is 11.3 Å². The number of hydrogen-bond acceptors (Lipinski definition) is 7. The molecule has 1 N–H and O–H groups in total. The fourth-order valence-corrected chi connectivity index (χ4v) is 5.09. The Hall–Kier alpha value is -1.81. The maximum atomic E-state index is 12.6. The number of carbonyl (C=O) groups is 1. The van der Waals surface area contributed by atoms with Gasteiger partial charge in [0.25, 0.3) is 5.56 Å². The summed E-state index contributed by atoms with van der Waals surface area (Å²) in [5.74, 6) is 0.913. The van der Waals surface area contributed by atoms with Gasteiger partial charge in [0, 0.05) is 44.1 Å². The van der Waals surface area contributed by atoms with Crippen molar-refractivity contribution in [3.05, 3.63) is 26.6 Å². The van der Waals surface area contributed by atoms with E-state index >= 15 is 0 Å². The van der Waals surface area contributed by atoms with E-state index in [0.717, 1.165) is 52.7 Å². The predicted octanol–water partition coefficient (Wildman–Crippen LogP) is 1.14. The van der Waals surface area contributed by atoms with Crippen molar-refractivity contribution in [1.29, 1.82) is 0 Å². The number of nitrogens with zero attached hydrogens (tertiary/aromatic N) is 4. The van der Waals surface area contributed by atoms with Gasteiger partial charge in [-0.3, -0.25) is 19.4 Å². The Morgan fingerprint density at radius 2 is 1.86 bits per heavy atom. The molecule has 0 radical (unpaired) electrons. The number of morpholine rings is 1. The summed E-state index contributed by atoms with van der Waals surface area (Å²) in [5.41, 5.74) is 0.977. The van der Waals surface area contributed by atoms with Crippen LogP contribution in [0.2, 0.25) is 0 Å². The third kappa shape index (κ3) is 4.23. The molecule has 2 fully saturated rings. The van der Waals surface area contributed by atoms with Crippen LogP contribution in [0.25, 0.3) is 10.2 Å². The Morgan fingerprint density at radius 1 is 1.17 bits per heavy atom. The minimum Gasteiger partial charge on any atom is -0.378 e. The van der Waals surface area contributed by atoms with Crippen LogP contribution >= 0.6 is 11.3 Å². The third-order valence-electron chi connectivity index (χ3n) is 6.13. The number of rotatable bonds is 4. The molecular formula is C20H29N5O3S. The van der Waals surface area contributed by atoms with Crippen molar-refractivity contribution in [2.75, 3.05) is 59.0 Å². The van der Waals surface area contributed by atoms with Crippen molar-refractivity contribution in [2.24, 2.45) is 0 Å². The number of fused-ring (bicyclic) bond motifs is 1. The smallest absolute Gasteiger partial charge is 0.259 e. The zero-order chi connectivity index (χ0) is 20.5. The summed E-state index contributed by atoms with van der Waals surface area (Å²) in [6, 6.07) is 0.0342. The van der Waals surface area contributed by atoms with E-state index in [9.17, 15) is 9.59 Å². The number of amides is 1. The summed E-state index contributed by atoms with van der Waals surface area (Å²) in [5, 5.41) is 0.717. The molecule has 2 aliphatic heterocycles. The highest BCUT2D eigenvalue weighted by molar-refractivity contribution is 7.18. The second-order valence-electron chi connectivity index (χ2n) is 7.90. The van der Waals surface area contributed by atoms with Crippen LogP contribution in [0.3, 0.4) is 0 Å². The molecule has 2 aliphatic rings. The van der Waals surface area contributed by atoms with Crippen LogP contribution in [0.1, 0.15) is 29.2 Å². The number of hydrogen-bond donors (Lipinski definition) is 1. The van der Waals surface area contributed by atoms with Gasteiger partial charge in [-0.25, -0.2) is 4.98 Å². The Morgan fingerprint density at radius 3 is 2.55 bits per heavy atom. The van der Waals surface area contributed by atoms with Crippen LogP contribution in [-0.4, -0.2) is 89.6 Å². The number of aromatic nitrogens is 2. The molecule has 4 heterocycles. The monoisotopic (exact) mass is 419 g/mol. The molecule has 0 aromatic carbocycles. The lowest BCUT2D eigenvalue weighted by Gasteiger charge is -2.38. The normalized spacial score (nSPS) is 20.3. The highest BCUT2D eigenvalue weighted by Crippen LogP contribution is 2.27. The molecule has 0 saturated carbocycles. The lowest BCUT2D eigenvalue weighted by atomic mass is 10.2. The van der Waals surface area contributed by atoms with Gasteiger partial charge >= 0.3 is 0 Å². The number of ether oxygens (including phenoxy) is 1. The molecule has 2 aromatic rings. The molecule has 158 valence electrons. The highest BCUT2D eigenvalue weighted by atomic mass is 32.1. The molecule has 0 spiro atoms. The standard InChI is InChI=1S/C20H29N5O3S/c1-13-15(3)29-20-17(13)19(27)21-18(22-20)14(2)24-6-4-23(5-7-24)12-16(26)25-8-10-28-11-9-25/h14H,4-12H2,1-3H3,(H,21,22,27). The number of aryl methyl sites for hydroxylation is 2. The first-order valence-corrected chi connectivity index (χ1v) is 11.1. The Balaban J connectivity index is 1.37. The number of nitrogens with one attached hydrogen (secondary N) is 1. The topological polar surface area (TPSA) is 81.8 Å². The minimum absolute atomic E-state index is 0.0342. The van der Waals surface area contributed by atoms with Crippen molar-refractivity contribution in [2.45, 2.75) is 26.8 Å². The van der Waals surface area contributed by atoms with Gasteiger partial charge in [0.05, 0.1) is 31.2 Å². The summed E-state index contributed by atoms with van der Waals surface area (Å²) in [6.45, 7) is 12.6. The quantitative estimate of drug-likeness (QED) is 0.800. The first-order chi connectivity index (χ1) is 13.9. The molecule has 0 aliphatic carbocycles. The van der Waals surface area contributed by atoms with Crippen molar-refractivity contribution in [1.82, 2.24) is 24.7 Å². The van der Waals surface area contributed by atoms with Crippen LogP contribution in [0.15, 0.2) is 4.79 Å². The molecule has 29 heavy (non-hydrogen) atoms. The number of carbonyl (C=O) groups excluding carboxylic acids is 1. The first-order valence-electron chi connectivity index (χ1n) is 10.3. The first kappa shape index (κ1) is 20.5. The van der Waals surface area contributed by atoms with E-state index in [0.29, 0.717) is 32.8 Å². The van der Waals surface area contributed by atoms with E-state index < -0.39 is 0 Å². The van der Waals surface area contributed by atoms with E-state index in [-0.39, 0.29) is 17.5 Å². The van der Waals surface area contributed by atoms with Gasteiger partial charge in [-0.2, -0.15) is 0 Å².